The Morgan fingerprint density at radius 3 is 2.52 bits per heavy atom. The van der Waals surface area contributed by atoms with Gasteiger partial charge in [0.15, 0.2) is 5.76 Å². The predicted molar refractivity (Wildman–Crippen MR) is 129 cm³/mol. The monoisotopic (exact) mass is 486 g/mol. The van der Waals surface area contributed by atoms with Gasteiger partial charge in [-0.25, -0.2) is 4.98 Å². The van der Waals surface area contributed by atoms with Gasteiger partial charge in [-0.15, -0.1) is 0 Å². The molecule has 1 aliphatic rings. The minimum absolute atomic E-state index is 0.0127. The van der Waals surface area contributed by atoms with E-state index in [1.165, 1.54) is 4.90 Å². The lowest BCUT2D eigenvalue weighted by Gasteiger charge is -2.26. The molecule has 0 saturated carbocycles. The molecule has 9 heteroatoms. The van der Waals surface area contributed by atoms with E-state index in [-0.39, 0.29) is 17.0 Å². The van der Waals surface area contributed by atoms with Crippen molar-refractivity contribution in [2.24, 2.45) is 0 Å². The van der Waals surface area contributed by atoms with E-state index in [9.17, 15) is 14.7 Å². The lowest BCUT2D eigenvalue weighted by atomic mass is 9.96. The molecule has 1 aromatic carbocycles. The van der Waals surface area contributed by atoms with Gasteiger partial charge in [0.2, 0.25) is 0 Å². The van der Waals surface area contributed by atoms with Gasteiger partial charge in [-0.05, 0) is 57.3 Å². The Morgan fingerprint density at radius 2 is 1.88 bits per heavy atom. The molecule has 0 spiro atoms. The summed E-state index contributed by atoms with van der Waals surface area (Å²) in [5.74, 6) is -1.74. The van der Waals surface area contributed by atoms with E-state index < -0.39 is 17.7 Å². The fourth-order valence-electron chi connectivity index (χ4n) is 4.12. The lowest BCUT2D eigenvalue weighted by Crippen LogP contribution is -2.35. The largest absolute Gasteiger partial charge is 0.505 e. The number of pyridine rings is 1. The number of hydrogen-bond acceptors (Lipinski definition) is 5. The van der Waals surface area contributed by atoms with Gasteiger partial charge in [0, 0.05) is 19.3 Å². The molecular formula is C24H24Cl2N4O3. The maximum absolute atomic E-state index is 13.2. The Bertz CT molecular complexity index is 1310. The van der Waals surface area contributed by atoms with Gasteiger partial charge in [0.05, 0.1) is 27.4 Å². The highest BCUT2D eigenvalue weighted by atomic mass is 35.5. The number of nitrogens with zero attached hydrogens (tertiary/aromatic N) is 4. The molecule has 1 aliphatic heterocycles. The van der Waals surface area contributed by atoms with E-state index in [0.717, 1.165) is 5.56 Å². The molecule has 7 nitrogen and oxygen atoms in total. The molecule has 1 saturated heterocycles. The average molecular weight is 487 g/mol. The van der Waals surface area contributed by atoms with Crippen molar-refractivity contribution in [1.82, 2.24) is 19.2 Å². The highest BCUT2D eigenvalue weighted by molar-refractivity contribution is 6.46. The van der Waals surface area contributed by atoms with E-state index in [1.54, 1.807) is 18.2 Å². The quantitative estimate of drug-likeness (QED) is 0.331. The number of fused-ring (bicyclic) bond motifs is 1. The number of rotatable bonds is 5. The van der Waals surface area contributed by atoms with E-state index >= 15 is 0 Å². The SMILES string of the molecule is Cc1cccn2c(C)c(/C(O)=C3\C(=O)C(=O)N(CCN(C)C)C3c3ccc(Cl)c(Cl)c3)nc12. The molecule has 33 heavy (non-hydrogen) atoms. The van der Waals surface area contributed by atoms with Crippen LogP contribution in [0.5, 0.6) is 0 Å². The number of carbonyl (C=O) groups is 2. The number of likely N-dealkylation sites (N-methyl/N-ethyl adjacent to an activating group) is 1. The summed E-state index contributed by atoms with van der Waals surface area (Å²) in [6.07, 6.45) is 1.84. The van der Waals surface area contributed by atoms with Gasteiger partial charge >= 0.3 is 0 Å². The average Bonchev–Trinajstić information content (AvgIpc) is 3.24. The van der Waals surface area contributed by atoms with E-state index in [2.05, 4.69) is 4.98 Å². The van der Waals surface area contributed by atoms with Crippen molar-refractivity contribution in [3.8, 4) is 0 Å². The van der Waals surface area contributed by atoms with Crippen LogP contribution in [0.15, 0.2) is 42.1 Å². The van der Waals surface area contributed by atoms with Gasteiger partial charge in [0.1, 0.15) is 11.3 Å². The van der Waals surface area contributed by atoms with Crippen LogP contribution in [0.25, 0.3) is 11.4 Å². The third-order valence-electron chi connectivity index (χ3n) is 5.90. The number of likely N-dealkylation sites (tertiary alicyclic amines) is 1. The normalized spacial score (nSPS) is 18.2. The topological polar surface area (TPSA) is 78.2 Å². The molecule has 3 heterocycles. The summed E-state index contributed by atoms with van der Waals surface area (Å²) in [4.78, 5) is 34.2. The number of ketones is 1. The fourth-order valence-corrected chi connectivity index (χ4v) is 4.43. The minimum atomic E-state index is -0.815. The first-order valence-electron chi connectivity index (χ1n) is 10.4. The third kappa shape index (κ3) is 4.01. The number of Topliss-reactive ketones (excluding diaryl/α,β-unsaturated/α-hetero) is 1. The summed E-state index contributed by atoms with van der Waals surface area (Å²) in [5, 5.41) is 12.0. The van der Waals surface area contributed by atoms with Crippen molar-refractivity contribution < 1.29 is 14.7 Å². The maximum Gasteiger partial charge on any atom is 0.295 e. The van der Waals surface area contributed by atoms with Crippen LogP contribution >= 0.6 is 23.2 Å². The number of benzene rings is 1. The number of aryl methyl sites for hydroxylation is 2. The second-order valence-corrected chi connectivity index (χ2v) is 9.21. The molecule has 1 fully saturated rings. The fraction of sp³-hybridized carbons (Fsp3) is 0.292. The molecule has 3 aromatic rings. The summed E-state index contributed by atoms with van der Waals surface area (Å²) < 4.78 is 1.85. The molecule has 1 atom stereocenters. The van der Waals surface area contributed by atoms with Crippen LogP contribution in [-0.2, 0) is 9.59 Å². The molecule has 1 unspecified atom stereocenters. The van der Waals surface area contributed by atoms with E-state index in [0.29, 0.717) is 40.0 Å². The number of carbonyl (C=O) groups excluding carboxylic acids is 2. The summed E-state index contributed by atoms with van der Waals surface area (Å²) in [5.41, 5.74) is 3.10. The van der Waals surface area contributed by atoms with Gasteiger partial charge in [-0.2, -0.15) is 0 Å². The zero-order valence-corrected chi connectivity index (χ0v) is 20.3. The highest BCUT2D eigenvalue weighted by Gasteiger charge is 2.46. The molecule has 0 radical (unpaired) electrons. The van der Waals surface area contributed by atoms with Crippen LogP contribution in [0.1, 0.15) is 28.6 Å². The molecule has 1 amide bonds. The van der Waals surface area contributed by atoms with Crippen molar-refractivity contribution in [2.45, 2.75) is 19.9 Å². The van der Waals surface area contributed by atoms with Crippen LogP contribution in [0, 0.1) is 13.8 Å². The molecule has 2 aromatic heterocycles. The second-order valence-electron chi connectivity index (χ2n) is 8.40. The number of hydrogen-bond donors (Lipinski definition) is 1. The van der Waals surface area contributed by atoms with Crippen molar-refractivity contribution in [3.63, 3.8) is 0 Å². The second kappa shape index (κ2) is 8.82. The standard InChI is InChI=1S/C24H24Cl2N4O3/c1-13-6-5-9-29-14(2)19(27-23(13)29)21(31)18-20(15-7-8-16(25)17(26)12-15)30(11-10-28(3)4)24(33)22(18)32/h5-9,12,20,31H,10-11H2,1-4H3/b21-18+. The number of halogens is 2. The zero-order valence-electron chi connectivity index (χ0n) is 18.8. The van der Waals surface area contributed by atoms with E-state index in [4.69, 9.17) is 23.2 Å². The van der Waals surface area contributed by atoms with Crippen molar-refractivity contribution in [2.75, 3.05) is 27.2 Å². The van der Waals surface area contributed by atoms with Crippen LogP contribution in [0.3, 0.4) is 0 Å². The summed E-state index contributed by atoms with van der Waals surface area (Å²) >= 11 is 12.4. The molecule has 172 valence electrons. The van der Waals surface area contributed by atoms with Gasteiger partial charge in [-0.1, -0.05) is 35.3 Å². The first kappa shape index (κ1) is 23.3. The summed E-state index contributed by atoms with van der Waals surface area (Å²) in [6.45, 7) is 4.56. The summed E-state index contributed by atoms with van der Waals surface area (Å²) in [7, 11) is 3.76. The Balaban J connectivity index is 1.93. The molecule has 0 aliphatic carbocycles. The van der Waals surface area contributed by atoms with Gasteiger partial charge in [-0.3, -0.25) is 9.59 Å². The van der Waals surface area contributed by atoms with Crippen LogP contribution < -0.4 is 0 Å². The van der Waals surface area contributed by atoms with Crippen molar-refractivity contribution in [3.05, 3.63) is 74.7 Å². The Kier molecular flexibility index (Phi) is 6.22. The molecular weight excluding hydrogens is 463 g/mol. The van der Waals surface area contributed by atoms with Gasteiger partial charge in [0.25, 0.3) is 11.7 Å². The number of aromatic nitrogens is 2. The Hall–Kier alpha value is -2.87. The smallest absolute Gasteiger partial charge is 0.295 e. The number of amides is 1. The maximum atomic E-state index is 13.2. The van der Waals surface area contributed by atoms with Crippen LogP contribution in [0.2, 0.25) is 10.0 Å². The minimum Gasteiger partial charge on any atom is -0.505 e. The third-order valence-corrected chi connectivity index (χ3v) is 6.63. The molecule has 0 bridgehead atoms. The lowest BCUT2D eigenvalue weighted by molar-refractivity contribution is -0.140. The van der Waals surface area contributed by atoms with Crippen molar-refractivity contribution >= 4 is 46.3 Å². The molecule has 1 N–H and O–H groups in total. The van der Waals surface area contributed by atoms with Crippen LogP contribution in [-0.4, -0.2) is 63.2 Å². The van der Waals surface area contributed by atoms with Crippen LogP contribution in [0.4, 0.5) is 0 Å². The molecule has 4 rings (SSSR count). The Labute approximate surface area is 201 Å². The van der Waals surface area contributed by atoms with E-state index in [1.807, 2.05) is 55.6 Å². The number of aliphatic hydroxyl groups excluding tert-OH is 1. The predicted octanol–water partition coefficient (Wildman–Crippen LogP) is 4.24. The van der Waals surface area contributed by atoms with Gasteiger partial charge < -0.3 is 19.3 Å². The summed E-state index contributed by atoms with van der Waals surface area (Å²) in [6, 6.07) is 7.94. The highest BCUT2D eigenvalue weighted by Crippen LogP contribution is 2.41. The Morgan fingerprint density at radius 1 is 1.15 bits per heavy atom. The number of imidazole rings is 1. The van der Waals surface area contributed by atoms with Crippen molar-refractivity contribution in [1.29, 1.82) is 0 Å². The zero-order chi connectivity index (χ0) is 24.0. The first-order valence-corrected chi connectivity index (χ1v) is 11.2. The number of aliphatic hydroxyl groups is 1. The first-order chi connectivity index (χ1) is 15.6.